The van der Waals surface area contributed by atoms with Crippen LogP contribution in [0.25, 0.3) is 0 Å². The van der Waals surface area contributed by atoms with Gasteiger partial charge in [-0.15, -0.1) is 0 Å². The molecular weight excluding hydrogens is 142 g/mol. The fourth-order valence-electron chi connectivity index (χ4n) is 1.11. The molecule has 0 spiro atoms. The van der Waals surface area contributed by atoms with Gasteiger partial charge in [-0.25, -0.2) is 0 Å². The first-order valence-corrected chi connectivity index (χ1v) is 4.35. The van der Waals surface area contributed by atoms with Crippen molar-refractivity contribution in [3.05, 3.63) is 0 Å². The van der Waals surface area contributed by atoms with Crippen LogP contribution in [0.5, 0.6) is 0 Å². The van der Waals surface area contributed by atoms with E-state index in [1.165, 1.54) is 19.3 Å². The topological polar surface area (TPSA) is 41.5 Å². The maximum absolute atomic E-state index is 8.39. The van der Waals surface area contributed by atoms with Crippen molar-refractivity contribution < 1.29 is 9.84 Å². The summed E-state index contributed by atoms with van der Waals surface area (Å²) >= 11 is 0. The first kappa shape index (κ1) is 8.97. The number of hydrogen-bond donors (Lipinski definition) is 2. The summed E-state index contributed by atoms with van der Waals surface area (Å²) in [6.45, 7) is 2.23. The van der Waals surface area contributed by atoms with E-state index in [-0.39, 0.29) is 6.61 Å². The Kier molecular flexibility index (Phi) is 4.50. The largest absolute Gasteiger partial charge is 0.394 e. The molecule has 0 unspecified atom stereocenters. The van der Waals surface area contributed by atoms with E-state index < -0.39 is 0 Å². The first-order valence-electron chi connectivity index (χ1n) is 4.35. The van der Waals surface area contributed by atoms with Crippen molar-refractivity contribution in [2.45, 2.75) is 25.3 Å². The third-order valence-corrected chi connectivity index (χ3v) is 2.02. The van der Waals surface area contributed by atoms with Crippen molar-refractivity contribution >= 4 is 0 Å². The van der Waals surface area contributed by atoms with Crippen LogP contribution >= 0.6 is 0 Å². The molecule has 3 nitrogen and oxygen atoms in total. The van der Waals surface area contributed by atoms with Gasteiger partial charge in [0.15, 0.2) is 0 Å². The molecule has 1 fully saturated rings. The lowest BCUT2D eigenvalue weighted by atomic mass is 9.93. The van der Waals surface area contributed by atoms with Crippen LogP contribution in [0.4, 0.5) is 0 Å². The minimum Gasteiger partial charge on any atom is -0.394 e. The fraction of sp³-hybridized carbons (Fsp3) is 1.00. The molecule has 66 valence electrons. The minimum atomic E-state index is 0.128. The third kappa shape index (κ3) is 3.70. The molecule has 1 aliphatic carbocycles. The molecule has 0 amide bonds. The smallest absolute Gasteiger partial charge is 0.0698 e. The molecule has 3 heteroatoms. The Bertz CT molecular complexity index is 94.1. The van der Waals surface area contributed by atoms with Crippen LogP contribution in [0.15, 0.2) is 0 Å². The van der Waals surface area contributed by atoms with E-state index in [1.807, 2.05) is 0 Å². The quantitative estimate of drug-likeness (QED) is 0.542. The standard InChI is InChI=1S/C8H17NO2/c10-5-7-11-6-4-9-8-2-1-3-8/h8-10H,1-7H2. The molecule has 1 saturated carbocycles. The van der Waals surface area contributed by atoms with Gasteiger partial charge in [-0.05, 0) is 12.8 Å². The van der Waals surface area contributed by atoms with Gasteiger partial charge in [0.25, 0.3) is 0 Å². The monoisotopic (exact) mass is 159 g/mol. The lowest BCUT2D eigenvalue weighted by Gasteiger charge is -2.26. The first-order chi connectivity index (χ1) is 5.43. The number of aliphatic hydroxyl groups is 1. The van der Waals surface area contributed by atoms with E-state index in [1.54, 1.807) is 0 Å². The Hall–Kier alpha value is -0.120. The average molecular weight is 159 g/mol. The van der Waals surface area contributed by atoms with Crippen LogP contribution in [0, 0.1) is 0 Å². The molecule has 0 aromatic carbocycles. The second-order valence-electron chi connectivity index (χ2n) is 2.92. The van der Waals surface area contributed by atoms with Gasteiger partial charge in [0.1, 0.15) is 0 Å². The average Bonchev–Trinajstić information content (AvgIpc) is 1.93. The third-order valence-electron chi connectivity index (χ3n) is 2.02. The van der Waals surface area contributed by atoms with E-state index >= 15 is 0 Å². The van der Waals surface area contributed by atoms with Crippen LogP contribution in [-0.4, -0.2) is 37.5 Å². The molecule has 0 radical (unpaired) electrons. The zero-order chi connectivity index (χ0) is 7.94. The highest BCUT2D eigenvalue weighted by atomic mass is 16.5. The number of hydrogen-bond acceptors (Lipinski definition) is 3. The summed E-state index contributed by atoms with van der Waals surface area (Å²) in [5.41, 5.74) is 0. The normalized spacial score (nSPS) is 18.3. The molecule has 0 saturated heterocycles. The SMILES string of the molecule is OCCOCCNC1CCC1. The van der Waals surface area contributed by atoms with Crippen molar-refractivity contribution in [1.29, 1.82) is 0 Å². The molecule has 0 aromatic rings. The van der Waals surface area contributed by atoms with Gasteiger partial charge in [0.05, 0.1) is 19.8 Å². The Balaban J connectivity index is 1.73. The van der Waals surface area contributed by atoms with Crippen molar-refractivity contribution in [2.75, 3.05) is 26.4 Å². The van der Waals surface area contributed by atoms with E-state index in [9.17, 15) is 0 Å². The summed E-state index contributed by atoms with van der Waals surface area (Å²) in [5, 5.41) is 11.8. The molecule has 0 aliphatic heterocycles. The van der Waals surface area contributed by atoms with Crippen LogP contribution in [0.3, 0.4) is 0 Å². The second-order valence-corrected chi connectivity index (χ2v) is 2.92. The van der Waals surface area contributed by atoms with Crippen LogP contribution in [0.1, 0.15) is 19.3 Å². The van der Waals surface area contributed by atoms with Gasteiger partial charge in [-0.3, -0.25) is 0 Å². The van der Waals surface area contributed by atoms with E-state index in [0.717, 1.165) is 19.2 Å². The summed E-state index contributed by atoms with van der Waals surface area (Å²) in [6.07, 6.45) is 4.01. The summed E-state index contributed by atoms with van der Waals surface area (Å²) in [4.78, 5) is 0. The highest BCUT2D eigenvalue weighted by molar-refractivity contribution is 4.75. The lowest BCUT2D eigenvalue weighted by molar-refractivity contribution is 0.0908. The summed E-state index contributed by atoms with van der Waals surface area (Å²) in [5.74, 6) is 0. The number of rotatable bonds is 6. The maximum Gasteiger partial charge on any atom is 0.0698 e. The molecule has 0 bridgehead atoms. The lowest BCUT2D eigenvalue weighted by Crippen LogP contribution is -2.37. The predicted molar refractivity (Wildman–Crippen MR) is 43.5 cm³/mol. The summed E-state index contributed by atoms with van der Waals surface area (Å²) in [6, 6.07) is 0.743. The van der Waals surface area contributed by atoms with E-state index in [2.05, 4.69) is 5.32 Å². The Morgan fingerprint density at radius 3 is 2.73 bits per heavy atom. The molecule has 0 aromatic heterocycles. The predicted octanol–water partition coefficient (Wildman–Crippen LogP) is 0.137. The molecule has 11 heavy (non-hydrogen) atoms. The molecule has 1 aliphatic rings. The van der Waals surface area contributed by atoms with E-state index in [4.69, 9.17) is 9.84 Å². The maximum atomic E-state index is 8.39. The van der Waals surface area contributed by atoms with Crippen molar-refractivity contribution in [1.82, 2.24) is 5.32 Å². The Morgan fingerprint density at radius 1 is 1.36 bits per heavy atom. The van der Waals surface area contributed by atoms with Crippen molar-refractivity contribution in [2.24, 2.45) is 0 Å². The van der Waals surface area contributed by atoms with Crippen molar-refractivity contribution in [3.63, 3.8) is 0 Å². The number of aliphatic hydroxyl groups excluding tert-OH is 1. The summed E-state index contributed by atoms with van der Waals surface area (Å²) < 4.78 is 5.09. The molecule has 0 atom stereocenters. The Morgan fingerprint density at radius 2 is 2.18 bits per heavy atom. The van der Waals surface area contributed by atoms with Gasteiger partial charge in [-0.2, -0.15) is 0 Å². The van der Waals surface area contributed by atoms with Crippen molar-refractivity contribution in [3.8, 4) is 0 Å². The fourth-order valence-corrected chi connectivity index (χ4v) is 1.11. The molecular formula is C8H17NO2. The number of ether oxygens (including phenoxy) is 1. The highest BCUT2D eigenvalue weighted by Gasteiger charge is 2.15. The number of nitrogens with one attached hydrogen (secondary N) is 1. The minimum absolute atomic E-state index is 0.128. The van der Waals surface area contributed by atoms with Gasteiger partial charge in [0.2, 0.25) is 0 Å². The molecule has 1 rings (SSSR count). The summed E-state index contributed by atoms with van der Waals surface area (Å²) in [7, 11) is 0. The van der Waals surface area contributed by atoms with Gasteiger partial charge >= 0.3 is 0 Å². The molecule has 2 N–H and O–H groups in total. The van der Waals surface area contributed by atoms with Crippen LogP contribution < -0.4 is 5.32 Å². The second kappa shape index (κ2) is 5.52. The Labute approximate surface area is 67.7 Å². The zero-order valence-electron chi connectivity index (χ0n) is 6.88. The van der Waals surface area contributed by atoms with Gasteiger partial charge in [-0.1, -0.05) is 6.42 Å². The molecule has 0 heterocycles. The van der Waals surface area contributed by atoms with Crippen LogP contribution in [-0.2, 0) is 4.74 Å². The van der Waals surface area contributed by atoms with E-state index in [0.29, 0.717) is 6.61 Å². The highest BCUT2D eigenvalue weighted by Crippen LogP contribution is 2.17. The zero-order valence-corrected chi connectivity index (χ0v) is 6.88. The van der Waals surface area contributed by atoms with Gasteiger partial charge in [0, 0.05) is 12.6 Å². The van der Waals surface area contributed by atoms with Crippen LogP contribution in [0.2, 0.25) is 0 Å². The van der Waals surface area contributed by atoms with Gasteiger partial charge < -0.3 is 15.2 Å².